The summed E-state index contributed by atoms with van der Waals surface area (Å²) in [4.78, 5) is 5.07. The van der Waals surface area contributed by atoms with Crippen LogP contribution in [0, 0.1) is 5.92 Å². The van der Waals surface area contributed by atoms with E-state index in [1.807, 2.05) is 0 Å². The minimum absolute atomic E-state index is 0.0710. The summed E-state index contributed by atoms with van der Waals surface area (Å²) in [6.07, 6.45) is 9.72. The maximum absolute atomic E-state index is 5.07. The number of rotatable bonds is 4. The number of benzene rings is 2. The summed E-state index contributed by atoms with van der Waals surface area (Å²) in [5, 5.41) is 0. The van der Waals surface area contributed by atoms with Crippen LogP contribution >= 0.6 is 0 Å². The second-order valence-corrected chi connectivity index (χ2v) is 5.65. The Morgan fingerprint density at radius 1 is 0.909 bits per heavy atom. The maximum Gasteiger partial charge on any atom is 0.0998 e. The zero-order valence-corrected chi connectivity index (χ0v) is 12.9. The van der Waals surface area contributed by atoms with Crippen LogP contribution in [-0.2, 0) is 0 Å². The highest BCUT2D eigenvalue weighted by Crippen LogP contribution is 2.27. The van der Waals surface area contributed by atoms with Gasteiger partial charge in [-0.15, -0.1) is 0 Å². The topological polar surface area (TPSA) is 12.4 Å². The molecule has 1 aliphatic rings. The fraction of sp³-hybridized carbons (Fsp3) is 0.190. The molecule has 0 saturated heterocycles. The molecule has 0 saturated carbocycles. The normalized spacial score (nSPS) is 17.9. The van der Waals surface area contributed by atoms with Gasteiger partial charge in [-0.05, 0) is 24.5 Å². The van der Waals surface area contributed by atoms with E-state index in [2.05, 4.69) is 91.9 Å². The molecule has 1 heteroatoms. The number of hydrogen-bond donors (Lipinski definition) is 0. The lowest BCUT2D eigenvalue weighted by Crippen LogP contribution is -2.11. The van der Waals surface area contributed by atoms with Gasteiger partial charge in [-0.2, -0.15) is 0 Å². The molecule has 0 heterocycles. The largest absolute Gasteiger partial charge is 0.281 e. The second kappa shape index (κ2) is 7.04. The third-order valence-corrected chi connectivity index (χ3v) is 4.08. The van der Waals surface area contributed by atoms with Gasteiger partial charge in [0, 0.05) is 11.6 Å². The first-order valence-corrected chi connectivity index (χ1v) is 7.82. The number of allylic oxidation sites excluding steroid dienone is 4. The van der Waals surface area contributed by atoms with Crippen LogP contribution in [0.2, 0.25) is 0 Å². The maximum atomic E-state index is 5.07. The third kappa shape index (κ3) is 3.43. The van der Waals surface area contributed by atoms with Gasteiger partial charge in [-0.1, -0.05) is 85.0 Å². The van der Waals surface area contributed by atoms with Crippen molar-refractivity contribution in [1.82, 2.24) is 0 Å². The van der Waals surface area contributed by atoms with Gasteiger partial charge in [-0.3, -0.25) is 4.99 Å². The molecule has 1 nitrogen and oxygen atoms in total. The number of nitrogens with zero attached hydrogens (tertiary/aromatic N) is 1. The summed E-state index contributed by atoms with van der Waals surface area (Å²) < 4.78 is 0. The molecule has 0 fully saturated rings. The van der Waals surface area contributed by atoms with Crippen LogP contribution in [0.1, 0.15) is 30.5 Å². The Hall–Kier alpha value is -2.41. The van der Waals surface area contributed by atoms with E-state index in [4.69, 9.17) is 4.99 Å². The Kier molecular flexibility index (Phi) is 4.65. The molecule has 1 atom stereocenters. The van der Waals surface area contributed by atoms with Gasteiger partial charge in [0.1, 0.15) is 0 Å². The fourth-order valence-electron chi connectivity index (χ4n) is 2.80. The summed E-state index contributed by atoms with van der Waals surface area (Å²) >= 11 is 0. The summed E-state index contributed by atoms with van der Waals surface area (Å²) in [5.41, 5.74) is 3.67. The van der Waals surface area contributed by atoms with Gasteiger partial charge >= 0.3 is 0 Å². The Labute approximate surface area is 132 Å². The van der Waals surface area contributed by atoms with Crippen molar-refractivity contribution in [3.63, 3.8) is 0 Å². The van der Waals surface area contributed by atoms with Crippen LogP contribution in [0.5, 0.6) is 0 Å². The molecular formula is C21H21N. The first-order chi connectivity index (χ1) is 10.8. The molecule has 2 aromatic rings. The van der Waals surface area contributed by atoms with Gasteiger partial charge < -0.3 is 0 Å². The van der Waals surface area contributed by atoms with Crippen LogP contribution in [0.25, 0.3) is 0 Å². The lowest BCUT2D eigenvalue weighted by atomic mass is 9.94. The smallest absolute Gasteiger partial charge is 0.0998 e. The average Bonchev–Trinajstić information content (AvgIpc) is 2.62. The first kappa shape index (κ1) is 14.5. The van der Waals surface area contributed by atoms with E-state index in [0.717, 1.165) is 6.42 Å². The summed E-state index contributed by atoms with van der Waals surface area (Å²) in [6, 6.07) is 21.1. The van der Waals surface area contributed by atoms with Crippen molar-refractivity contribution in [2.24, 2.45) is 10.9 Å². The van der Waals surface area contributed by atoms with Gasteiger partial charge in [0.15, 0.2) is 0 Å². The van der Waals surface area contributed by atoms with E-state index in [1.54, 1.807) is 0 Å². The van der Waals surface area contributed by atoms with Gasteiger partial charge in [0.2, 0.25) is 0 Å². The van der Waals surface area contributed by atoms with Gasteiger partial charge in [0.05, 0.1) is 6.04 Å². The van der Waals surface area contributed by atoms with Crippen LogP contribution in [0.15, 0.2) is 90.0 Å². The summed E-state index contributed by atoms with van der Waals surface area (Å²) in [5.74, 6) is 0.417. The molecule has 1 unspecified atom stereocenters. The monoisotopic (exact) mass is 287 g/mol. The molecule has 0 N–H and O–H groups in total. The molecule has 0 aromatic heterocycles. The molecule has 110 valence electrons. The van der Waals surface area contributed by atoms with Crippen molar-refractivity contribution in [2.75, 3.05) is 0 Å². The van der Waals surface area contributed by atoms with Crippen LogP contribution in [-0.4, -0.2) is 5.71 Å². The minimum atomic E-state index is 0.0710. The molecule has 22 heavy (non-hydrogen) atoms. The Bertz CT molecular complexity index is 641. The second-order valence-electron chi connectivity index (χ2n) is 5.65. The first-order valence-electron chi connectivity index (χ1n) is 7.82. The van der Waals surface area contributed by atoms with Gasteiger partial charge in [-0.25, -0.2) is 0 Å². The summed E-state index contributed by atoms with van der Waals surface area (Å²) in [6.45, 7) is 2.15. The van der Waals surface area contributed by atoms with Crippen molar-refractivity contribution in [2.45, 2.75) is 19.4 Å². The minimum Gasteiger partial charge on any atom is -0.281 e. The molecule has 2 aromatic carbocycles. The molecule has 1 aliphatic carbocycles. The van der Waals surface area contributed by atoms with Gasteiger partial charge in [0.25, 0.3) is 0 Å². The van der Waals surface area contributed by atoms with E-state index in [-0.39, 0.29) is 6.04 Å². The quantitative estimate of drug-likeness (QED) is 0.670. The highest BCUT2D eigenvalue weighted by molar-refractivity contribution is 5.86. The summed E-state index contributed by atoms with van der Waals surface area (Å²) in [7, 11) is 0. The fourth-order valence-corrected chi connectivity index (χ4v) is 2.80. The van der Waals surface area contributed by atoms with Crippen molar-refractivity contribution in [3.05, 3.63) is 96.1 Å². The molecule has 0 spiro atoms. The number of hydrogen-bond acceptors (Lipinski definition) is 1. The van der Waals surface area contributed by atoms with E-state index in [1.165, 1.54) is 16.8 Å². The zero-order valence-electron chi connectivity index (χ0n) is 12.9. The third-order valence-electron chi connectivity index (χ3n) is 4.08. The molecule has 0 amide bonds. The Morgan fingerprint density at radius 3 is 2.00 bits per heavy atom. The van der Waals surface area contributed by atoms with E-state index in [9.17, 15) is 0 Å². The molecule has 0 aliphatic heterocycles. The van der Waals surface area contributed by atoms with Crippen molar-refractivity contribution >= 4 is 5.71 Å². The highest BCUT2D eigenvalue weighted by atomic mass is 14.8. The highest BCUT2D eigenvalue weighted by Gasteiger charge is 2.15. The van der Waals surface area contributed by atoms with Crippen LogP contribution in [0.3, 0.4) is 0 Å². The predicted molar refractivity (Wildman–Crippen MR) is 94.2 cm³/mol. The molecular weight excluding hydrogens is 266 g/mol. The van der Waals surface area contributed by atoms with E-state index < -0.39 is 0 Å². The van der Waals surface area contributed by atoms with Crippen molar-refractivity contribution in [1.29, 1.82) is 0 Å². The lowest BCUT2D eigenvalue weighted by Gasteiger charge is -2.19. The van der Waals surface area contributed by atoms with Crippen molar-refractivity contribution < 1.29 is 0 Å². The molecule has 3 rings (SSSR count). The zero-order chi connectivity index (χ0) is 15.2. The SMILES string of the molecule is CC(=NC(c1ccccc1)c1ccccc1)C1C=CC=CC1. The standard InChI is InChI=1S/C21H21N/c1-17(18-11-5-2-6-12-18)22-21(19-13-7-3-8-14-19)20-15-9-4-10-16-20/h2-11,13-16,18,21H,12H2,1H3. The predicted octanol–water partition coefficient (Wildman–Crippen LogP) is 5.37. The van der Waals surface area contributed by atoms with E-state index in [0.29, 0.717) is 5.92 Å². The molecule has 0 bridgehead atoms. The average molecular weight is 287 g/mol. The molecule has 0 radical (unpaired) electrons. The van der Waals surface area contributed by atoms with Crippen LogP contribution < -0.4 is 0 Å². The Morgan fingerprint density at radius 2 is 1.50 bits per heavy atom. The number of aliphatic imine (C=N–C) groups is 1. The van der Waals surface area contributed by atoms with Crippen LogP contribution in [0.4, 0.5) is 0 Å². The Balaban J connectivity index is 1.95. The van der Waals surface area contributed by atoms with E-state index >= 15 is 0 Å². The lowest BCUT2D eigenvalue weighted by molar-refractivity contribution is 0.811. The van der Waals surface area contributed by atoms with Crippen molar-refractivity contribution in [3.8, 4) is 0 Å².